The monoisotopic (exact) mass is 402 g/mol. The predicted octanol–water partition coefficient (Wildman–Crippen LogP) is 4.14. The van der Waals surface area contributed by atoms with Crippen molar-refractivity contribution in [3.8, 4) is 0 Å². The SMILES string of the molecule is C=C1C(C2Cc3ccccc3C2)NC(=O)[C@@H](CC(C)C)N1Cc1ccccc1C=O. The summed E-state index contributed by atoms with van der Waals surface area (Å²) in [6.45, 7) is 9.24. The Labute approximate surface area is 179 Å². The zero-order valence-corrected chi connectivity index (χ0v) is 17.8. The lowest BCUT2D eigenvalue weighted by molar-refractivity contribution is -0.130. The number of nitrogens with zero attached hydrogens (tertiary/aromatic N) is 1. The highest BCUT2D eigenvalue weighted by Crippen LogP contribution is 2.35. The zero-order valence-electron chi connectivity index (χ0n) is 17.8. The molecule has 2 aliphatic rings. The van der Waals surface area contributed by atoms with E-state index in [1.54, 1.807) is 0 Å². The molecule has 1 unspecified atom stereocenters. The molecule has 2 atom stereocenters. The number of fused-ring (bicyclic) bond motifs is 1. The van der Waals surface area contributed by atoms with Gasteiger partial charge in [-0.2, -0.15) is 0 Å². The highest BCUT2D eigenvalue weighted by Gasteiger charge is 2.41. The number of nitrogens with one attached hydrogen (secondary N) is 1. The molecule has 1 saturated heterocycles. The fraction of sp³-hybridized carbons (Fsp3) is 0.385. The predicted molar refractivity (Wildman–Crippen MR) is 119 cm³/mol. The molecule has 0 radical (unpaired) electrons. The molecule has 4 rings (SSSR count). The second kappa shape index (κ2) is 8.47. The third-order valence-electron chi connectivity index (χ3n) is 6.48. The number of rotatable bonds is 6. The van der Waals surface area contributed by atoms with Crippen molar-refractivity contribution in [2.24, 2.45) is 11.8 Å². The van der Waals surface area contributed by atoms with Crippen molar-refractivity contribution in [3.05, 3.63) is 83.1 Å². The van der Waals surface area contributed by atoms with Gasteiger partial charge in [-0.25, -0.2) is 0 Å². The number of aldehydes is 1. The van der Waals surface area contributed by atoms with E-state index in [1.807, 2.05) is 24.3 Å². The molecule has 1 heterocycles. The Bertz CT molecular complexity index is 940. The van der Waals surface area contributed by atoms with Crippen LogP contribution in [0.25, 0.3) is 0 Å². The molecule has 2 aromatic carbocycles. The molecule has 1 fully saturated rings. The van der Waals surface area contributed by atoms with Gasteiger partial charge < -0.3 is 10.2 Å². The number of benzene rings is 2. The molecule has 30 heavy (non-hydrogen) atoms. The van der Waals surface area contributed by atoms with Crippen LogP contribution in [0.5, 0.6) is 0 Å². The van der Waals surface area contributed by atoms with Gasteiger partial charge in [0.15, 0.2) is 0 Å². The Morgan fingerprint density at radius 1 is 1.10 bits per heavy atom. The maximum absolute atomic E-state index is 13.2. The summed E-state index contributed by atoms with van der Waals surface area (Å²) in [6.07, 6.45) is 3.55. The lowest BCUT2D eigenvalue weighted by atomic mass is 9.88. The summed E-state index contributed by atoms with van der Waals surface area (Å²) in [4.78, 5) is 26.9. The van der Waals surface area contributed by atoms with Crippen LogP contribution in [0.4, 0.5) is 0 Å². The Balaban J connectivity index is 1.62. The molecular weight excluding hydrogens is 372 g/mol. The minimum atomic E-state index is -0.266. The summed E-state index contributed by atoms with van der Waals surface area (Å²) >= 11 is 0. The summed E-state index contributed by atoms with van der Waals surface area (Å²) in [5.41, 5.74) is 5.30. The molecule has 1 aliphatic carbocycles. The van der Waals surface area contributed by atoms with Gasteiger partial charge in [-0.15, -0.1) is 0 Å². The van der Waals surface area contributed by atoms with Crippen molar-refractivity contribution in [1.29, 1.82) is 0 Å². The van der Waals surface area contributed by atoms with Gasteiger partial charge in [0.25, 0.3) is 0 Å². The standard InChI is InChI=1S/C26H30N2O2/c1-17(2)12-24-26(30)27-25(23-13-19-8-4-5-9-20(19)14-23)18(3)28(24)15-21-10-6-7-11-22(21)16-29/h4-11,16-17,23-25H,3,12-15H2,1-2H3,(H,27,30)/t24-,25?/m1/s1. The smallest absolute Gasteiger partial charge is 0.243 e. The van der Waals surface area contributed by atoms with Crippen LogP contribution in [0.3, 0.4) is 0 Å². The van der Waals surface area contributed by atoms with E-state index in [0.29, 0.717) is 23.9 Å². The van der Waals surface area contributed by atoms with E-state index in [0.717, 1.165) is 36.8 Å². The molecule has 1 amide bonds. The highest BCUT2D eigenvalue weighted by atomic mass is 16.2. The van der Waals surface area contributed by atoms with E-state index >= 15 is 0 Å². The van der Waals surface area contributed by atoms with Gasteiger partial charge >= 0.3 is 0 Å². The second-order valence-corrected chi connectivity index (χ2v) is 9.00. The van der Waals surface area contributed by atoms with Crippen LogP contribution in [0.15, 0.2) is 60.8 Å². The Kier molecular flexibility index (Phi) is 5.76. The third kappa shape index (κ3) is 3.91. The van der Waals surface area contributed by atoms with Gasteiger partial charge in [-0.1, -0.05) is 69.0 Å². The summed E-state index contributed by atoms with van der Waals surface area (Å²) < 4.78 is 0. The Hall–Kier alpha value is -2.88. The normalized spacial score (nSPS) is 21.6. The van der Waals surface area contributed by atoms with Gasteiger partial charge in [0.2, 0.25) is 5.91 Å². The van der Waals surface area contributed by atoms with Gasteiger partial charge in [-0.05, 0) is 47.8 Å². The van der Waals surface area contributed by atoms with E-state index in [1.165, 1.54) is 11.1 Å². The molecule has 156 valence electrons. The van der Waals surface area contributed by atoms with Gasteiger partial charge in [-0.3, -0.25) is 9.59 Å². The van der Waals surface area contributed by atoms with E-state index in [4.69, 9.17) is 0 Å². The van der Waals surface area contributed by atoms with Crippen molar-refractivity contribution >= 4 is 12.2 Å². The average molecular weight is 403 g/mol. The summed E-state index contributed by atoms with van der Waals surface area (Å²) in [5, 5.41) is 3.29. The lowest BCUT2D eigenvalue weighted by Gasteiger charge is -2.45. The number of carbonyl (C=O) groups is 2. The molecule has 0 saturated carbocycles. The van der Waals surface area contributed by atoms with Crippen molar-refractivity contribution in [1.82, 2.24) is 10.2 Å². The molecular formula is C26H30N2O2. The van der Waals surface area contributed by atoms with Crippen LogP contribution in [0.1, 0.15) is 47.3 Å². The van der Waals surface area contributed by atoms with Gasteiger partial charge in [0.1, 0.15) is 12.3 Å². The minimum absolute atomic E-state index is 0.0700. The van der Waals surface area contributed by atoms with Crippen LogP contribution >= 0.6 is 0 Å². The minimum Gasteiger partial charge on any atom is -0.357 e. The molecule has 0 bridgehead atoms. The van der Waals surface area contributed by atoms with E-state index < -0.39 is 0 Å². The number of amides is 1. The summed E-state index contributed by atoms with van der Waals surface area (Å²) in [7, 11) is 0. The largest absolute Gasteiger partial charge is 0.357 e. The first-order valence-electron chi connectivity index (χ1n) is 10.8. The highest BCUT2D eigenvalue weighted by molar-refractivity contribution is 5.84. The molecule has 2 aromatic rings. The zero-order chi connectivity index (χ0) is 21.3. The number of hydrogen-bond donors (Lipinski definition) is 1. The third-order valence-corrected chi connectivity index (χ3v) is 6.48. The topological polar surface area (TPSA) is 49.4 Å². The first-order valence-corrected chi connectivity index (χ1v) is 10.8. The number of piperazine rings is 1. The van der Waals surface area contributed by atoms with Crippen molar-refractivity contribution < 1.29 is 9.59 Å². The van der Waals surface area contributed by atoms with Gasteiger partial charge in [0.05, 0.1) is 6.04 Å². The van der Waals surface area contributed by atoms with Crippen LogP contribution in [0, 0.1) is 11.8 Å². The maximum Gasteiger partial charge on any atom is 0.243 e. The van der Waals surface area contributed by atoms with Crippen molar-refractivity contribution in [2.45, 2.75) is 51.7 Å². The van der Waals surface area contributed by atoms with Crippen LogP contribution in [-0.2, 0) is 24.2 Å². The molecule has 0 aromatic heterocycles. The van der Waals surface area contributed by atoms with E-state index in [9.17, 15) is 9.59 Å². The fourth-order valence-corrected chi connectivity index (χ4v) is 4.94. The first kappa shape index (κ1) is 20.4. The number of carbonyl (C=O) groups excluding carboxylic acids is 2. The fourth-order valence-electron chi connectivity index (χ4n) is 4.94. The van der Waals surface area contributed by atoms with Crippen molar-refractivity contribution in [3.63, 3.8) is 0 Å². The molecule has 4 nitrogen and oxygen atoms in total. The summed E-state index contributed by atoms with van der Waals surface area (Å²) in [5.74, 6) is 0.757. The summed E-state index contributed by atoms with van der Waals surface area (Å²) in [6, 6.07) is 15.8. The molecule has 1 aliphatic heterocycles. The maximum atomic E-state index is 13.2. The molecule has 4 heteroatoms. The molecule has 1 N–H and O–H groups in total. The first-order chi connectivity index (χ1) is 14.5. The van der Waals surface area contributed by atoms with Crippen LogP contribution in [0.2, 0.25) is 0 Å². The average Bonchev–Trinajstić information content (AvgIpc) is 3.17. The second-order valence-electron chi connectivity index (χ2n) is 9.00. The van der Waals surface area contributed by atoms with Gasteiger partial charge in [0, 0.05) is 17.8 Å². The van der Waals surface area contributed by atoms with Crippen LogP contribution in [-0.4, -0.2) is 29.2 Å². The van der Waals surface area contributed by atoms with Crippen LogP contribution < -0.4 is 5.32 Å². The van der Waals surface area contributed by atoms with Crippen molar-refractivity contribution in [2.75, 3.05) is 0 Å². The Morgan fingerprint density at radius 3 is 2.37 bits per heavy atom. The Morgan fingerprint density at radius 2 is 1.73 bits per heavy atom. The quantitative estimate of drug-likeness (QED) is 0.739. The van der Waals surface area contributed by atoms with E-state index in [2.05, 4.69) is 54.9 Å². The number of hydrogen-bond acceptors (Lipinski definition) is 3. The lowest BCUT2D eigenvalue weighted by Crippen LogP contribution is -2.60. The molecule has 0 spiro atoms. The van der Waals surface area contributed by atoms with E-state index in [-0.39, 0.29) is 18.0 Å².